The molecule has 1 aromatic carbocycles. The number of thiol groups is 1. The van der Waals surface area contributed by atoms with E-state index in [1.807, 2.05) is 24.3 Å². The summed E-state index contributed by atoms with van der Waals surface area (Å²) >= 11 is 4.22. The van der Waals surface area contributed by atoms with Gasteiger partial charge in [0.2, 0.25) is 17.7 Å². The number of benzene rings is 1. The maximum atomic E-state index is 13.3. The van der Waals surface area contributed by atoms with E-state index >= 15 is 0 Å². The number of rotatable bonds is 11. The Labute approximate surface area is 224 Å². The maximum Gasteiger partial charge on any atom is 0.326 e. The number of carboxylic acids is 1. The van der Waals surface area contributed by atoms with Crippen molar-refractivity contribution in [2.75, 3.05) is 12.3 Å². The van der Waals surface area contributed by atoms with Gasteiger partial charge >= 0.3 is 5.97 Å². The standard InChI is InChI=1S/C25H31N7O5S/c26-17(8-14-10-28-18-5-2-1-4-16(14)18)22(33)31-20(12-38)23(34)30-19(9-15-11-27-13-29-15)24(35)32-7-3-6-21(32)25(36)37/h1-2,4-5,10-11,13,17,19-21,28,38H,3,6-9,12,26H2,(H,27,29)(H,30,34)(H,31,33)(H,36,37). The number of carboxylic acid groups (broad SMARTS) is 1. The highest BCUT2D eigenvalue weighted by atomic mass is 32.1. The van der Waals surface area contributed by atoms with Crippen LogP contribution in [0.25, 0.3) is 10.9 Å². The number of hydrogen-bond donors (Lipinski definition) is 7. The minimum atomic E-state index is -1.09. The van der Waals surface area contributed by atoms with Crippen LogP contribution in [0.5, 0.6) is 0 Å². The number of aliphatic carboxylic acids is 1. The van der Waals surface area contributed by atoms with Crippen LogP contribution in [0.1, 0.15) is 24.1 Å². The summed E-state index contributed by atoms with van der Waals surface area (Å²) in [6.07, 6.45) is 5.98. The van der Waals surface area contributed by atoms with Gasteiger partial charge in [-0.15, -0.1) is 0 Å². The van der Waals surface area contributed by atoms with E-state index in [0.29, 0.717) is 18.5 Å². The zero-order chi connectivity index (χ0) is 27.2. The second-order valence-corrected chi connectivity index (χ2v) is 9.65. The van der Waals surface area contributed by atoms with Crippen LogP contribution in [0, 0.1) is 0 Å². The molecule has 0 spiro atoms. The molecule has 38 heavy (non-hydrogen) atoms. The molecule has 0 radical (unpaired) electrons. The van der Waals surface area contributed by atoms with Crippen LogP contribution in [0.4, 0.5) is 0 Å². The Balaban J connectivity index is 1.42. The van der Waals surface area contributed by atoms with Crippen molar-refractivity contribution in [1.29, 1.82) is 0 Å². The van der Waals surface area contributed by atoms with E-state index in [4.69, 9.17) is 5.73 Å². The van der Waals surface area contributed by atoms with Crippen LogP contribution in [0.15, 0.2) is 43.0 Å². The molecule has 2 aromatic heterocycles. The van der Waals surface area contributed by atoms with Crippen molar-refractivity contribution >= 4 is 47.2 Å². The molecule has 1 aliphatic heterocycles. The molecule has 4 rings (SSSR count). The number of aromatic nitrogens is 3. The first-order valence-electron chi connectivity index (χ1n) is 12.3. The van der Waals surface area contributed by atoms with E-state index in [2.05, 4.69) is 38.2 Å². The summed E-state index contributed by atoms with van der Waals surface area (Å²) in [4.78, 5) is 62.2. The van der Waals surface area contributed by atoms with Gasteiger partial charge in [0.05, 0.1) is 12.4 Å². The van der Waals surface area contributed by atoms with Crippen molar-refractivity contribution in [2.45, 2.75) is 49.9 Å². The molecule has 1 fully saturated rings. The highest BCUT2D eigenvalue weighted by Crippen LogP contribution is 2.20. The molecule has 1 aliphatic rings. The Morgan fingerprint density at radius 1 is 1.13 bits per heavy atom. The van der Waals surface area contributed by atoms with Crippen molar-refractivity contribution in [3.05, 3.63) is 54.2 Å². The summed E-state index contributed by atoms with van der Waals surface area (Å²) in [7, 11) is 0. The van der Waals surface area contributed by atoms with Gasteiger partial charge in [0.1, 0.15) is 18.1 Å². The molecule has 12 nitrogen and oxygen atoms in total. The fraction of sp³-hybridized carbons (Fsp3) is 0.400. The number of H-pyrrole nitrogens is 2. The molecular weight excluding hydrogens is 510 g/mol. The van der Waals surface area contributed by atoms with Gasteiger partial charge in [-0.2, -0.15) is 12.6 Å². The lowest BCUT2D eigenvalue weighted by Gasteiger charge is -2.28. The van der Waals surface area contributed by atoms with Gasteiger partial charge in [0.25, 0.3) is 0 Å². The zero-order valence-corrected chi connectivity index (χ0v) is 21.5. The number of nitrogens with one attached hydrogen (secondary N) is 4. The van der Waals surface area contributed by atoms with E-state index in [1.54, 1.807) is 6.20 Å². The minimum Gasteiger partial charge on any atom is -0.480 e. The highest BCUT2D eigenvalue weighted by molar-refractivity contribution is 7.80. The molecule has 13 heteroatoms. The van der Waals surface area contributed by atoms with Crippen LogP contribution in [-0.2, 0) is 32.0 Å². The second kappa shape index (κ2) is 12.1. The molecule has 0 bridgehead atoms. The number of carbonyl (C=O) groups excluding carboxylic acids is 3. The lowest BCUT2D eigenvalue weighted by atomic mass is 10.0. The van der Waals surface area contributed by atoms with Crippen LogP contribution in [0.2, 0.25) is 0 Å². The first kappa shape index (κ1) is 27.2. The van der Waals surface area contributed by atoms with Crippen LogP contribution in [0.3, 0.4) is 0 Å². The third-order valence-electron chi connectivity index (χ3n) is 6.68. The molecular formula is C25H31N7O5S. The van der Waals surface area contributed by atoms with Gasteiger partial charge in [-0.1, -0.05) is 18.2 Å². The number of hydrogen-bond acceptors (Lipinski definition) is 7. The smallest absolute Gasteiger partial charge is 0.326 e. The molecule has 7 N–H and O–H groups in total. The predicted octanol–water partition coefficient (Wildman–Crippen LogP) is -0.0215. The summed E-state index contributed by atoms with van der Waals surface area (Å²) in [5.41, 5.74) is 8.55. The van der Waals surface area contributed by atoms with Crippen molar-refractivity contribution < 1.29 is 24.3 Å². The predicted molar refractivity (Wildman–Crippen MR) is 142 cm³/mol. The topological polar surface area (TPSA) is 186 Å². The number of likely N-dealkylation sites (tertiary alicyclic amines) is 1. The number of nitrogens with two attached hydrogens (primary N) is 1. The quantitative estimate of drug-likeness (QED) is 0.166. The first-order valence-corrected chi connectivity index (χ1v) is 12.9. The summed E-state index contributed by atoms with van der Waals surface area (Å²) in [6.45, 7) is 0.278. The number of nitrogens with zero attached hydrogens (tertiary/aromatic N) is 2. The zero-order valence-electron chi connectivity index (χ0n) is 20.6. The molecule has 3 amide bonds. The van der Waals surface area contributed by atoms with Gasteiger partial charge in [0.15, 0.2) is 0 Å². The largest absolute Gasteiger partial charge is 0.480 e. The maximum absolute atomic E-state index is 13.3. The highest BCUT2D eigenvalue weighted by Gasteiger charge is 2.38. The van der Waals surface area contributed by atoms with E-state index in [1.165, 1.54) is 17.4 Å². The molecule has 202 valence electrons. The SMILES string of the molecule is NC(Cc1c[nH]c2ccccc12)C(=O)NC(CS)C(=O)NC(Cc1cnc[nH]1)C(=O)N1CCCC1C(=O)O. The van der Waals surface area contributed by atoms with Crippen molar-refractivity contribution in [2.24, 2.45) is 5.73 Å². The Hall–Kier alpha value is -3.84. The summed E-state index contributed by atoms with van der Waals surface area (Å²) in [5, 5.41) is 15.8. The molecule has 4 atom stereocenters. The Morgan fingerprint density at radius 2 is 1.89 bits per heavy atom. The Bertz CT molecular complexity index is 1290. The van der Waals surface area contributed by atoms with E-state index in [-0.39, 0.29) is 25.1 Å². The molecule has 0 saturated carbocycles. The van der Waals surface area contributed by atoms with Gasteiger partial charge in [-0.25, -0.2) is 9.78 Å². The number of para-hydroxylation sites is 1. The van der Waals surface area contributed by atoms with Crippen molar-refractivity contribution in [3.8, 4) is 0 Å². The van der Waals surface area contributed by atoms with E-state index in [0.717, 1.165) is 16.5 Å². The molecule has 1 saturated heterocycles. The first-order chi connectivity index (χ1) is 18.3. The van der Waals surface area contributed by atoms with Crippen molar-refractivity contribution in [1.82, 2.24) is 30.5 Å². The van der Waals surface area contributed by atoms with E-state index < -0.39 is 47.9 Å². The number of aromatic amines is 2. The fourth-order valence-electron chi connectivity index (χ4n) is 4.68. The fourth-order valence-corrected chi connectivity index (χ4v) is 4.94. The number of amides is 3. The lowest BCUT2D eigenvalue weighted by molar-refractivity contribution is -0.149. The van der Waals surface area contributed by atoms with Gasteiger partial charge in [-0.3, -0.25) is 14.4 Å². The van der Waals surface area contributed by atoms with Gasteiger partial charge in [-0.05, 0) is 30.9 Å². The third-order valence-corrected chi connectivity index (χ3v) is 7.05. The minimum absolute atomic E-state index is 0.0379. The molecule has 3 heterocycles. The number of fused-ring (bicyclic) bond motifs is 1. The Kier molecular flexibility index (Phi) is 8.69. The second-order valence-electron chi connectivity index (χ2n) is 9.28. The molecule has 0 aliphatic carbocycles. The van der Waals surface area contributed by atoms with E-state index in [9.17, 15) is 24.3 Å². The Morgan fingerprint density at radius 3 is 2.61 bits per heavy atom. The normalized spacial score (nSPS) is 17.6. The summed E-state index contributed by atoms with van der Waals surface area (Å²) in [5.74, 6) is -2.81. The van der Waals surface area contributed by atoms with Crippen LogP contribution < -0.4 is 16.4 Å². The third kappa shape index (κ3) is 6.17. The summed E-state index contributed by atoms with van der Waals surface area (Å²) < 4.78 is 0. The average Bonchev–Trinajstić information content (AvgIpc) is 3.68. The van der Waals surface area contributed by atoms with Gasteiger partial charge < -0.3 is 36.3 Å². The number of carbonyl (C=O) groups is 4. The molecule has 3 aromatic rings. The lowest BCUT2D eigenvalue weighted by Crippen LogP contribution is -2.58. The summed E-state index contributed by atoms with van der Waals surface area (Å²) in [6, 6.07) is 3.65. The van der Waals surface area contributed by atoms with Crippen LogP contribution >= 0.6 is 12.6 Å². The monoisotopic (exact) mass is 541 g/mol. The molecule has 4 unspecified atom stereocenters. The van der Waals surface area contributed by atoms with Crippen LogP contribution in [-0.4, -0.2) is 85.1 Å². The van der Waals surface area contributed by atoms with Crippen molar-refractivity contribution in [3.63, 3.8) is 0 Å². The van der Waals surface area contributed by atoms with Gasteiger partial charge in [0, 0.05) is 47.7 Å². The number of imidazole rings is 1. The average molecular weight is 542 g/mol.